The van der Waals surface area contributed by atoms with E-state index in [2.05, 4.69) is 22.4 Å². The van der Waals surface area contributed by atoms with Gasteiger partial charge in [-0.1, -0.05) is 25.3 Å². The average molecular weight is 264 g/mol. The zero-order valence-electron chi connectivity index (χ0n) is 11.1. The lowest BCUT2D eigenvalue weighted by Gasteiger charge is -2.42. The summed E-state index contributed by atoms with van der Waals surface area (Å²) in [6, 6.07) is 4.49. The van der Waals surface area contributed by atoms with Gasteiger partial charge in [0.2, 0.25) is 0 Å². The number of rotatable bonds is 3. The summed E-state index contributed by atoms with van der Waals surface area (Å²) in [7, 11) is 0. The number of nitrogens with zero attached hydrogens (tertiary/aromatic N) is 1. The fraction of sp³-hybridized carbons (Fsp3) is 0.733. The third-order valence-electron chi connectivity index (χ3n) is 4.74. The molecule has 2 aliphatic rings. The SMILES string of the molecule is NC(CN1CCC2CCCCC2C1)c1cccs1. The molecule has 0 aromatic carbocycles. The molecule has 1 saturated carbocycles. The monoisotopic (exact) mass is 264 g/mol. The minimum atomic E-state index is 0.213. The Balaban J connectivity index is 1.54. The number of fused-ring (bicyclic) bond motifs is 1. The molecule has 2 nitrogen and oxygen atoms in total. The van der Waals surface area contributed by atoms with E-state index >= 15 is 0 Å². The largest absolute Gasteiger partial charge is 0.322 e. The molecule has 3 atom stereocenters. The predicted octanol–water partition coefficient (Wildman–Crippen LogP) is 3.26. The average Bonchev–Trinajstić information content (AvgIpc) is 2.92. The summed E-state index contributed by atoms with van der Waals surface area (Å²) in [4.78, 5) is 3.94. The van der Waals surface area contributed by atoms with Crippen molar-refractivity contribution in [2.45, 2.75) is 38.1 Å². The summed E-state index contributed by atoms with van der Waals surface area (Å²) in [5.41, 5.74) is 6.31. The lowest BCUT2D eigenvalue weighted by molar-refractivity contribution is 0.0830. The van der Waals surface area contributed by atoms with Gasteiger partial charge >= 0.3 is 0 Å². The third kappa shape index (κ3) is 2.79. The minimum Gasteiger partial charge on any atom is -0.322 e. The standard InChI is InChI=1S/C15H24N2S/c16-14(15-6-3-9-18-15)11-17-8-7-12-4-1-2-5-13(12)10-17/h3,6,9,12-14H,1-2,4-5,7-8,10-11,16H2. The first-order valence-corrected chi connectivity index (χ1v) is 8.22. The van der Waals surface area contributed by atoms with Gasteiger partial charge in [0.15, 0.2) is 0 Å². The first kappa shape index (κ1) is 12.6. The Kier molecular flexibility index (Phi) is 4.02. The number of piperidine rings is 1. The molecule has 0 spiro atoms. The molecule has 1 aromatic rings. The van der Waals surface area contributed by atoms with Crippen LogP contribution in [0.3, 0.4) is 0 Å². The van der Waals surface area contributed by atoms with Crippen LogP contribution in [0.5, 0.6) is 0 Å². The second-order valence-electron chi connectivity index (χ2n) is 5.97. The van der Waals surface area contributed by atoms with Crippen molar-refractivity contribution in [1.82, 2.24) is 4.90 Å². The maximum atomic E-state index is 6.31. The number of hydrogen-bond donors (Lipinski definition) is 1. The van der Waals surface area contributed by atoms with Crippen LogP contribution in [0, 0.1) is 11.8 Å². The molecule has 0 radical (unpaired) electrons. The topological polar surface area (TPSA) is 29.3 Å². The Morgan fingerprint density at radius 3 is 2.89 bits per heavy atom. The van der Waals surface area contributed by atoms with Gasteiger partial charge in [0.1, 0.15) is 0 Å². The highest BCUT2D eigenvalue weighted by Crippen LogP contribution is 2.36. The molecule has 3 rings (SSSR count). The van der Waals surface area contributed by atoms with Crippen LogP contribution in [-0.4, -0.2) is 24.5 Å². The Labute approximate surface area is 114 Å². The van der Waals surface area contributed by atoms with Crippen molar-refractivity contribution < 1.29 is 0 Å². The first-order chi connectivity index (χ1) is 8.83. The summed E-state index contributed by atoms with van der Waals surface area (Å²) < 4.78 is 0. The molecule has 3 heteroatoms. The smallest absolute Gasteiger partial charge is 0.0519 e. The van der Waals surface area contributed by atoms with E-state index in [0.717, 1.165) is 18.4 Å². The third-order valence-corrected chi connectivity index (χ3v) is 5.74. The van der Waals surface area contributed by atoms with Gasteiger partial charge in [-0.2, -0.15) is 0 Å². The predicted molar refractivity (Wildman–Crippen MR) is 77.8 cm³/mol. The van der Waals surface area contributed by atoms with Crippen molar-refractivity contribution in [1.29, 1.82) is 0 Å². The Morgan fingerprint density at radius 2 is 2.11 bits per heavy atom. The van der Waals surface area contributed by atoms with Gasteiger partial charge in [-0.3, -0.25) is 0 Å². The molecule has 0 amide bonds. The van der Waals surface area contributed by atoms with Crippen LogP contribution in [-0.2, 0) is 0 Å². The van der Waals surface area contributed by atoms with Crippen molar-refractivity contribution >= 4 is 11.3 Å². The van der Waals surface area contributed by atoms with Crippen molar-refractivity contribution in [2.24, 2.45) is 17.6 Å². The van der Waals surface area contributed by atoms with Crippen LogP contribution in [0.2, 0.25) is 0 Å². The summed E-state index contributed by atoms with van der Waals surface area (Å²) in [6.45, 7) is 3.60. The Bertz CT molecular complexity index is 363. The van der Waals surface area contributed by atoms with Gasteiger partial charge in [0.05, 0.1) is 6.04 Å². The van der Waals surface area contributed by atoms with E-state index in [1.807, 2.05) is 0 Å². The number of likely N-dealkylation sites (tertiary alicyclic amines) is 1. The molecule has 1 aromatic heterocycles. The fourth-order valence-corrected chi connectivity index (χ4v) is 4.43. The highest BCUT2D eigenvalue weighted by atomic mass is 32.1. The van der Waals surface area contributed by atoms with E-state index in [4.69, 9.17) is 5.73 Å². The lowest BCUT2D eigenvalue weighted by Crippen LogP contribution is -2.44. The molecule has 1 aliphatic carbocycles. The molecule has 3 unspecified atom stereocenters. The fourth-order valence-electron chi connectivity index (χ4n) is 3.71. The van der Waals surface area contributed by atoms with E-state index in [-0.39, 0.29) is 6.04 Å². The first-order valence-electron chi connectivity index (χ1n) is 7.34. The number of nitrogens with two attached hydrogens (primary N) is 1. The van der Waals surface area contributed by atoms with Crippen LogP contribution in [0.4, 0.5) is 0 Å². The number of hydrogen-bond acceptors (Lipinski definition) is 3. The normalized spacial score (nSPS) is 30.9. The van der Waals surface area contributed by atoms with Crippen LogP contribution in [0.1, 0.15) is 43.0 Å². The highest BCUT2D eigenvalue weighted by Gasteiger charge is 2.31. The molecule has 0 bridgehead atoms. The number of thiophene rings is 1. The summed E-state index contributed by atoms with van der Waals surface area (Å²) in [5.74, 6) is 1.98. The van der Waals surface area contributed by atoms with Gasteiger partial charge in [-0.05, 0) is 42.7 Å². The molecule has 100 valence electrons. The lowest BCUT2D eigenvalue weighted by atomic mass is 9.75. The zero-order chi connectivity index (χ0) is 12.4. The van der Waals surface area contributed by atoms with Crippen LogP contribution in [0.25, 0.3) is 0 Å². The van der Waals surface area contributed by atoms with E-state index < -0.39 is 0 Å². The van der Waals surface area contributed by atoms with Gasteiger partial charge < -0.3 is 10.6 Å². The molecule has 1 saturated heterocycles. The van der Waals surface area contributed by atoms with Crippen molar-refractivity contribution in [2.75, 3.05) is 19.6 Å². The van der Waals surface area contributed by atoms with Gasteiger partial charge in [0.25, 0.3) is 0 Å². The van der Waals surface area contributed by atoms with E-state index in [0.29, 0.717) is 0 Å². The Morgan fingerprint density at radius 1 is 1.28 bits per heavy atom. The quantitative estimate of drug-likeness (QED) is 0.908. The van der Waals surface area contributed by atoms with Crippen LogP contribution in [0.15, 0.2) is 17.5 Å². The van der Waals surface area contributed by atoms with Crippen molar-refractivity contribution in [3.05, 3.63) is 22.4 Å². The summed E-state index contributed by atoms with van der Waals surface area (Å²) in [5, 5.41) is 2.13. The summed E-state index contributed by atoms with van der Waals surface area (Å²) in [6.07, 6.45) is 7.26. The highest BCUT2D eigenvalue weighted by molar-refractivity contribution is 7.10. The minimum absolute atomic E-state index is 0.213. The van der Waals surface area contributed by atoms with E-state index in [1.54, 1.807) is 11.3 Å². The summed E-state index contributed by atoms with van der Waals surface area (Å²) >= 11 is 1.79. The van der Waals surface area contributed by atoms with Crippen molar-refractivity contribution in [3.63, 3.8) is 0 Å². The maximum Gasteiger partial charge on any atom is 0.0519 e. The molecular weight excluding hydrogens is 240 g/mol. The Hall–Kier alpha value is -0.380. The molecule has 1 aliphatic heterocycles. The molecule has 18 heavy (non-hydrogen) atoms. The molecular formula is C15H24N2S. The van der Waals surface area contributed by atoms with Gasteiger partial charge in [0, 0.05) is 18.0 Å². The van der Waals surface area contributed by atoms with Crippen LogP contribution >= 0.6 is 11.3 Å². The van der Waals surface area contributed by atoms with Gasteiger partial charge in [-0.15, -0.1) is 11.3 Å². The zero-order valence-corrected chi connectivity index (χ0v) is 11.9. The second-order valence-corrected chi connectivity index (χ2v) is 6.95. The molecule has 2 N–H and O–H groups in total. The van der Waals surface area contributed by atoms with E-state index in [9.17, 15) is 0 Å². The molecule has 2 heterocycles. The van der Waals surface area contributed by atoms with Crippen LogP contribution < -0.4 is 5.73 Å². The van der Waals surface area contributed by atoms with E-state index in [1.165, 1.54) is 50.1 Å². The van der Waals surface area contributed by atoms with Gasteiger partial charge in [-0.25, -0.2) is 0 Å². The second kappa shape index (κ2) is 5.72. The maximum absolute atomic E-state index is 6.31. The van der Waals surface area contributed by atoms with Crippen molar-refractivity contribution in [3.8, 4) is 0 Å². The molecule has 2 fully saturated rings.